The van der Waals surface area contributed by atoms with Crippen LogP contribution in [0.4, 0.5) is 15.9 Å². The molecular formula is C23H25ClFN5O3. The highest BCUT2D eigenvalue weighted by Crippen LogP contribution is 2.39. The van der Waals surface area contributed by atoms with Crippen LogP contribution >= 0.6 is 11.6 Å². The SMILES string of the molecule is COc1cc2ncnc(Nc3cccc(Cl)c3F)c2cc1O[C@@]1(C(=O)N(C)C)C[C@@H](C)CN1. The van der Waals surface area contributed by atoms with E-state index in [0.717, 1.165) is 0 Å². The van der Waals surface area contributed by atoms with Gasteiger partial charge < -0.3 is 19.7 Å². The second-order valence-electron chi connectivity index (χ2n) is 8.29. The minimum Gasteiger partial charge on any atom is -0.493 e. The summed E-state index contributed by atoms with van der Waals surface area (Å²) in [5, 5.41) is 6.77. The Morgan fingerprint density at radius 3 is 2.76 bits per heavy atom. The number of carbonyl (C=O) groups is 1. The summed E-state index contributed by atoms with van der Waals surface area (Å²) in [5.74, 6) is 0.564. The van der Waals surface area contributed by atoms with Gasteiger partial charge in [-0.15, -0.1) is 0 Å². The molecule has 2 aromatic carbocycles. The lowest BCUT2D eigenvalue weighted by Crippen LogP contribution is -2.57. The normalized spacial score (nSPS) is 20.0. The van der Waals surface area contributed by atoms with Crippen LogP contribution in [0.5, 0.6) is 11.5 Å². The van der Waals surface area contributed by atoms with E-state index >= 15 is 0 Å². The molecule has 1 aliphatic heterocycles. The molecule has 4 rings (SSSR count). The lowest BCUT2D eigenvalue weighted by atomic mass is 10.0. The molecule has 2 N–H and O–H groups in total. The van der Waals surface area contributed by atoms with Crippen molar-refractivity contribution in [3.63, 3.8) is 0 Å². The highest BCUT2D eigenvalue weighted by molar-refractivity contribution is 6.31. The molecule has 0 aliphatic carbocycles. The molecule has 10 heteroatoms. The van der Waals surface area contributed by atoms with Gasteiger partial charge in [0, 0.05) is 38.5 Å². The van der Waals surface area contributed by atoms with Gasteiger partial charge in [-0.1, -0.05) is 24.6 Å². The number of ether oxygens (including phenoxy) is 2. The maximum atomic E-state index is 14.5. The van der Waals surface area contributed by atoms with Gasteiger partial charge in [0.25, 0.3) is 5.91 Å². The van der Waals surface area contributed by atoms with E-state index in [1.54, 1.807) is 38.4 Å². The third-order valence-electron chi connectivity index (χ3n) is 5.53. The van der Waals surface area contributed by atoms with E-state index < -0.39 is 11.5 Å². The predicted octanol–water partition coefficient (Wildman–Crippen LogP) is 3.97. The number of methoxy groups -OCH3 is 1. The maximum absolute atomic E-state index is 14.5. The highest BCUT2D eigenvalue weighted by Gasteiger charge is 2.47. The molecule has 1 amide bonds. The summed E-state index contributed by atoms with van der Waals surface area (Å²) in [6.07, 6.45) is 1.86. The first-order valence-corrected chi connectivity index (χ1v) is 10.8. The van der Waals surface area contributed by atoms with Crippen molar-refractivity contribution in [1.29, 1.82) is 0 Å². The standard InChI is InChI=1S/C23H25ClFN5O3/c1-13-10-23(28-11-13,22(31)30(2)3)33-19-8-14-17(9-18(19)32-4)26-12-27-21(14)29-16-7-5-6-15(24)20(16)25/h5-9,12-13,28H,10-11H2,1-4H3,(H,26,27,29)/t13-,23-/m1/s1. The number of anilines is 2. The number of rotatable bonds is 6. The Morgan fingerprint density at radius 1 is 1.30 bits per heavy atom. The monoisotopic (exact) mass is 473 g/mol. The Hall–Kier alpha value is -3.17. The first-order chi connectivity index (χ1) is 15.7. The fraction of sp³-hybridized carbons (Fsp3) is 0.348. The topological polar surface area (TPSA) is 88.6 Å². The third-order valence-corrected chi connectivity index (χ3v) is 5.83. The molecule has 1 saturated heterocycles. The van der Waals surface area contributed by atoms with Crippen molar-refractivity contribution in [2.45, 2.75) is 19.1 Å². The fourth-order valence-electron chi connectivity index (χ4n) is 3.94. The number of nitrogens with one attached hydrogen (secondary N) is 2. The summed E-state index contributed by atoms with van der Waals surface area (Å²) in [4.78, 5) is 23.1. The van der Waals surface area contributed by atoms with Crippen molar-refractivity contribution in [3.05, 3.63) is 47.5 Å². The first-order valence-electron chi connectivity index (χ1n) is 10.4. The Bertz CT molecular complexity index is 1210. The molecule has 0 saturated carbocycles. The molecule has 3 aromatic rings. The van der Waals surface area contributed by atoms with Crippen LogP contribution in [0.2, 0.25) is 5.02 Å². The van der Waals surface area contributed by atoms with Gasteiger partial charge in [0.15, 0.2) is 17.3 Å². The van der Waals surface area contributed by atoms with Gasteiger partial charge in [-0.25, -0.2) is 14.4 Å². The second kappa shape index (κ2) is 8.99. The van der Waals surface area contributed by atoms with Crippen LogP contribution in [0.15, 0.2) is 36.7 Å². The number of halogens is 2. The van der Waals surface area contributed by atoms with Crippen LogP contribution in [0.3, 0.4) is 0 Å². The zero-order valence-electron chi connectivity index (χ0n) is 18.8. The van der Waals surface area contributed by atoms with Crippen LogP contribution in [0.1, 0.15) is 13.3 Å². The van der Waals surface area contributed by atoms with Gasteiger partial charge >= 0.3 is 0 Å². The van der Waals surface area contributed by atoms with E-state index in [-0.39, 0.29) is 22.5 Å². The van der Waals surface area contributed by atoms with E-state index in [4.69, 9.17) is 21.1 Å². The quantitative estimate of drug-likeness (QED) is 0.560. The Kier molecular flexibility index (Phi) is 6.27. The molecule has 2 heterocycles. The van der Waals surface area contributed by atoms with Crippen molar-refractivity contribution in [1.82, 2.24) is 20.2 Å². The summed E-state index contributed by atoms with van der Waals surface area (Å²) in [6, 6.07) is 8.04. The minimum absolute atomic E-state index is 0.00498. The molecule has 174 valence electrons. The number of likely N-dealkylation sites (N-methyl/N-ethyl adjacent to an activating group) is 1. The Balaban J connectivity index is 1.79. The molecule has 0 unspecified atom stereocenters. The first kappa shape index (κ1) is 23.0. The second-order valence-corrected chi connectivity index (χ2v) is 8.69. The van der Waals surface area contributed by atoms with Crippen molar-refractivity contribution in [2.24, 2.45) is 5.92 Å². The smallest absolute Gasteiger partial charge is 0.281 e. The van der Waals surface area contributed by atoms with Gasteiger partial charge in [0.05, 0.1) is 23.3 Å². The van der Waals surface area contributed by atoms with E-state index in [0.29, 0.717) is 41.2 Å². The number of nitrogens with zero attached hydrogens (tertiary/aromatic N) is 3. The minimum atomic E-state index is -1.23. The molecule has 1 aromatic heterocycles. The van der Waals surface area contributed by atoms with E-state index in [1.165, 1.54) is 24.4 Å². The van der Waals surface area contributed by atoms with E-state index in [1.807, 2.05) is 6.92 Å². The molecule has 1 aliphatic rings. The number of aromatic nitrogens is 2. The lowest BCUT2D eigenvalue weighted by Gasteiger charge is -2.32. The molecular weight excluding hydrogens is 449 g/mol. The van der Waals surface area contributed by atoms with E-state index in [2.05, 4.69) is 20.6 Å². The van der Waals surface area contributed by atoms with Crippen molar-refractivity contribution >= 4 is 39.9 Å². The Labute approximate surface area is 196 Å². The average Bonchev–Trinajstić information content (AvgIpc) is 3.17. The number of hydrogen-bond acceptors (Lipinski definition) is 7. The van der Waals surface area contributed by atoms with Gasteiger partial charge in [-0.3, -0.25) is 10.1 Å². The molecule has 0 spiro atoms. The highest BCUT2D eigenvalue weighted by atomic mass is 35.5. The molecule has 8 nitrogen and oxygen atoms in total. The number of carbonyl (C=O) groups excluding carboxylic acids is 1. The van der Waals surface area contributed by atoms with Gasteiger partial charge in [0.2, 0.25) is 5.72 Å². The van der Waals surface area contributed by atoms with Crippen molar-refractivity contribution in [3.8, 4) is 11.5 Å². The fourth-order valence-corrected chi connectivity index (χ4v) is 4.11. The zero-order chi connectivity index (χ0) is 23.8. The van der Waals surface area contributed by atoms with Crippen LogP contribution < -0.4 is 20.1 Å². The molecule has 0 bridgehead atoms. The van der Waals surface area contributed by atoms with Gasteiger partial charge in [-0.2, -0.15) is 0 Å². The molecule has 1 fully saturated rings. The zero-order valence-corrected chi connectivity index (χ0v) is 19.5. The van der Waals surface area contributed by atoms with Crippen molar-refractivity contribution < 1.29 is 18.7 Å². The largest absolute Gasteiger partial charge is 0.493 e. The van der Waals surface area contributed by atoms with Crippen LogP contribution in [0.25, 0.3) is 10.9 Å². The number of fused-ring (bicyclic) bond motifs is 1. The third kappa shape index (κ3) is 4.38. The lowest BCUT2D eigenvalue weighted by molar-refractivity contribution is -0.147. The van der Waals surface area contributed by atoms with E-state index in [9.17, 15) is 9.18 Å². The molecule has 2 atom stereocenters. The number of hydrogen-bond donors (Lipinski definition) is 2. The number of benzene rings is 2. The summed E-state index contributed by atoms with van der Waals surface area (Å²) < 4.78 is 26.3. The van der Waals surface area contributed by atoms with Crippen LogP contribution in [-0.2, 0) is 4.79 Å². The maximum Gasteiger partial charge on any atom is 0.281 e. The van der Waals surface area contributed by atoms with Crippen LogP contribution in [-0.4, -0.2) is 54.2 Å². The summed E-state index contributed by atoms with van der Waals surface area (Å²) >= 11 is 5.91. The van der Waals surface area contributed by atoms with Crippen LogP contribution in [0, 0.1) is 11.7 Å². The molecule has 0 radical (unpaired) electrons. The molecule has 33 heavy (non-hydrogen) atoms. The average molecular weight is 474 g/mol. The van der Waals surface area contributed by atoms with Gasteiger partial charge in [-0.05, 0) is 24.1 Å². The Morgan fingerprint density at radius 2 is 2.09 bits per heavy atom. The predicted molar refractivity (Wildman–Crippen MR) is 125 cm³/mol. The summed E-state index contributed by atoms with van der Waals surface area (Å²) in [6.45, 7) is 2.69. The summed E-state index contributed by atoms with van der Waals surface area (Å²) in [7, 11) is 4.89. The summed E-state index contributed by atoms with van der Waals surface area (Å²) in [5.41, 5.74) is -0.502. The number of amides is 1. The van der Waals surface area contributed by atoms with Gasteiger partial charge in [0.1, 0.15) is 12.1 Å². The van der Waals surface area contributed by atoms with Crippen molar-refractivity contribution in [2.75, 3.05) is 33.1 Å².